The van der Waals surface area contributed by atoms with Gasteiger partial charge in [0.15, 0.2) is 0 Å². The Morgan fingerprint density at radius 3 is 2.75 bits per heavy atom. The Morgan fingerprint density at radius 1 is 1.30 bits per heavy atom. The van der Waals surface area contributed by atoms with E-state index in [1.165, 1.54) is 17.4 Å². The molecule has 2 unspecified atom stereocenters. The highest BCUT2D eigenvalue weighted by molar-refractivity contribution is 7.07. The number of hydrogen-bond donors (Lipinski definition) is 2. The maximum atomic E-state index is 13.7. The van der Waals surface area contributed by atoms with E-state index in [2.05, 4.69) is 5.32 Å². The molecule has 2 nitrogen and oxygen atoms in total. The highest BCUT2D eigenvalue weighted by atomic mass is 32.1. The van der Waals surface area contributed by atoms with E-state index in [4.69, 9.17) is 0 Å². The Morgan fingerprint density at radius 2 is 2.10 bits per heavy atom. The first kappa shape index (κ1) is 15.1. The predicted octanol–water partition coefficient (Wildman–Crippen LogP) is 3.80. The lowest BCUT2D eigenvalue weighted by atomic mass is 10.0. The summed E-state index contributed by atoms with van der Waals surface area (Å²) in [6.45, 7) is 2.18. The summed E-state index contributed by atoms with van der Waals surface area (Å²) < 4.78 is 27.0. The third kappa shape index (κ3) is 3.62. The van der Waals surface area contributed by atoms with E-state index >= 15 is 0 Å². The van der Waals surface area contributed by atoms with Gasteiger partial charge in [-0.05, 0) is 47.0 Å². The maximum absolute atomic E-state index is 13.7. The summed E-state index contributed by atoms with van der Waals surface area (Å²) in [6.07, 6.45) is -0.0385. The van der Waals surface area contributed by atoms with Crippen molar-refractivity contribution in [2.24, 2.45) is 0 Å². The third-order valence-electron chi connectivity index (χ3n) is 3.23. The van der Waals surface area contributed by atoms with Crippen molar-refractivity contribution < 1.29 is 13.9 Å². The molecular weight excluding hydrogens is 280 g/mol. The zero-order valence-corrected chi connectivity index (χ0v) is 12.0. The van der Waals surface area contributed by atoms with E-state index in [1.807, 2.05) is 23.8 Å². The highest BCUT2D eigenvalue weighted by Crippen LogP contribution is 2.22. The fourth-order valence-corrected chi connectivity index (χ4v) is 2.80. The SMILES string of the molecule is CCC(NCC(O)c1ccsc1)c1cc(F)ccc1F. The molecule has 1 aromatic heterocycles. The Kier molecular flexibility index (Phi) is 5.23. The molecule has 0 aliphatic rings. The molecule has 0 aliphatic carbocycles. The summed E-state index contributed by atoms with van der Waals surface area (Å²) in [7, 11) is 0. The molecule has 0 saturated carbocycles. The van der Waals surface area contributed by atoms with Gasteiger partial charge in [0.05, 0.1) is 6.10 Å². The van der Waals surface area contributed by atoms with Crippen LogP contribution in [-0.2, 0) is 0 Å². The van der Waals surface area contributed by atoms with E-state index in [0.29, 0.717) is 18.5 Å². The predicted molar refractivity (Wildman–Crippen MR) is 76.7 cm³/mol. The van der Waals surface area contributed by atoms with Gasteiger partial charge in [-0.3, -0.25) is 0 Å². The summed E-state index contributed by atoms with van der Waals surface area (Å²) in [4.78, 5) is 0. The minimum Gasteiger partial charge on any atom is -0.387 e. The van der Waals surface area contributed by atoms with Crippen LogP contribution in [0.2, 0.25) is 0 Å². The van der Waals surface area contributed by atoms with Gasteiger partial charge in [-0.1, -0.05) is 6.92 Å². The number of nitrogens with one attached hydrogen (secondary N) is 1. The molecule has 20 heavy (non-hydrogen) atoms. The van der Waals surface area contributed by atoms with Gasteiger partial charge in [-0.15, -0.1) is 0 Å². The first-order chi connectivity index (χ1) is 9.61. The monoisotopic (exact) mass is 297 g/mol. The highest BCUT2D eigenvalue weighted by Gasteiger charge is 2.16. The summed E-state index contributed by atoms with van der Waals surface area (Å²) >= 11 is 1.51. The largest absolute Gasteiger partial charge is 0.387 e. The maximum Gasteiger partial charge on any atom is 0.128 e. The summed E-state index contributed by atoms with van der Waals surface area (Å²) in [6, 6.07) is 4.96. The quantitative estimate of drug-likeness (QED) is 0.850. The van der Waals surface area contributed by atoms with Crippen LogP contribution in [0.25, 0.3) is 0 Å². The summed E-state index contributed by atoms with van der Waals surface area (Å²) in [5.74, 6) is -0.893. The van der Waals surface area contributed by atoms with Crippen LogP contribution >= 0.6 is 11.3 Å². The van der Waals surface area contributed by atoms with Gasteiger partial charge in [0.1, 0.15) is 11.6 Å². The van der Waals surface area contributed by atoms with Crippen LogP contribution in [0.1, 0.15) is 36.6 Å². The van der Waals surface area contributed by atoms with Crippen LogP contribution in [0.4, 0.5) is 8.78 Å². The van der Waals surface area contributed by atoms with E-state index in [1.54, 1.807) is 0 Å². The second-order valence-electron chi connectivity index (χ2n) is 4.61. The van der Waals surface area contributed by atoms with Gasteiger partial charge in [0.25, 0.3) is 0 Å². The Labute approximate surface area is 121 Å². The molecule has 2 rings (SSSR count). The standard InChI is InChI=1S/C15H17F2NOS/c1-2-14(12-7-11(16)3-4-13(12)17)18-8-15(19)10-5-6-20-9-10/h3-7,9,14-15,18-19H,2,8H2,1H3. The molecule has 5 heteroatoms. The van der Waals surface area contributed by atoms with Gasteiger partial charge >= 0.3 is 0 Å². The van der Waals surface area contributed by atoms with Crippen LogP contribution in [-0.4, -0.2) is 11.7 Å². The smallest absolute Gasteiger partial charge is 0.128 e. The number of aliphatic hydroxyl groups is 1. The van der Waals surface area contributed by atoms with Gasteiger partial charge < -0.3 is 10.4 Å². The fourth-order valence-electron chi connectivity index (χ4n) is 2.09. The first-order valence-corrected chi connectivity index (χ1v) is 7.44. The second-order valence-corrected chi connectivity index (χ2v) is 5.39. The van der Waals surface area contributed by atoms with Crippen LogP contribution in [0.5, 0.6) is 0 Å². The topological polar surface area (TPSA) is 32.3 Å². The number of thiophene rings is 1. The van der Waals surface area contributed by atoms with Crippen LogP contribution in [0.15, 0.2) is 35.0 Å². The molecule has 0 amide bonds. The van der Waals surface area contributed by atoms with Gasteiger partial charge in [0, 0.05) is 18.2 Å². The van der Waals surface area contributed by atoms with Crippen LogP contribution in [0, 0.1) is 11.6 Å². The fraction of sp³-hybridized carbons (Fsp3) is 0.333. The normalized spacial score (nSPS) is 14.2. The van der Waals surface area contributed by atoms with Crippen molar-refractivity contribution in [2.45, 2.75) is 25.5 Å². The van der Waals surface area contributed by atoms with Gasteiger partial charge in [-0.25, -0.2) is 8.78 Å². The zero-order chi connectivity index (χ0) is 14.5. The molecule has 2 aromatic rings. The van der Waals surface area contributed by atoms with Gasteiger partial charge in [0.2, 0.25) is 0 Å². The number of benzene rings is 1. The molecule has 0 fully saturated rings. The first-order valence-electron chi connectivity index (χ1n) is 6.50. The summed E-state index contributed by atoms with van der Waals surface area (Å²) in [5, 5.41) is 16.9. The van der Waals surface area contributed by atoms with Crippen molar-refractivity contribution in [1.82, 2.24) is 5.32 Å². The number of halogens is 2. The molecule has 2 atom stereocenters. The minimum atomic E-state index is -0.646. The number of hydrogen-bond acceptors (Lipinski definition) is 3. The average Bonchev–Trinajstić information content (AvgIpc) is 2.97. The van der Waals surface area contributed by atoms with Crippen molar-refractivity contribution in [2.75, 3.05) is 6.54 Å². The molecule has 0 bridgehead atoms. The van der Waals surface area contributed by atoms with Crippen molar-refractivity contribution in [3.8, 4) is 0 Å². The molecule has 0 spiro atoms. The zero-order valence-electron chi connectivity index (χ0n) is 11.1. The Bertz CT molecular complexity index is 545. The summed E-state index contributed by atoms with van der Waals surface area (Å²) in [5.41, 5.74) is 1.13. The van der Waals surface area contributed by atoms with E-state index in [9.17, 15) is 13.9 Å². The van der Waals surface area contributed by atoms with Crippen molar-refractivity contribution >= 4 is 11.3 Å². The van der Waals surface area contributed by atoms with E-state index in [0.717, 1.165) is 17.7 Å². The molecule has 0 aliphatic heterocycles. The van der Waals surface area contributed by atoms with Crippen molar-refractivity contribution in [3.05, 3.63) is 57.8 Å². The second kappa shape index (κ2) is 6.92. The molecule has 0 radical (unpaired) electrons. The van der Waals surface area contributed by atoms with Crippen molar-refractivity contribution in [1.29, 1.82) is 0 Å². The molecule has 0 saturated heterocycles. The lowest BCUT2D eigenvalue weighted by molar-refractivity contribution is 0.169. The van der Waals surface area contributed by atoms with Crippen LogP contribution in [0.3, 0.4) is 0 Å². The number of rotatable bonds is 6. The van der Waals surface area contributed by atoms with Crippen molar-refractivity contribution in [3.63, 3.8) is 0 Å². The number of aliphatic hydroxyl groups excluding tert-OH is 1. The lowest BCUT2D eigenvalue weighted by Gasteiger charge is -2.20. The third-order valence-corrected chi connectivity index (χ3v) is 3.93. The minimum absolute atomic E-state index is 0.296. The van der Waals surface area contributed by atoms with E-state index < -0.39 is 17.7 Å². The van der Waals surface area contributed by atoms with Crippen LogP contribution < -0.4 is 5.32 Å². The molecular formula is C15H17F2NOS. The van der Waals surface area contributed by atoms with Gasteiger partial charge in [-0.2, -0.15) is 11.3 Å². The molecule has 2 N–H and O–H groups in total. The Balaban J connectivity index is 2.04. The lowest BCUT2D eigenvalue weighted by Crippen LogP contribution is -2.26. The molecule has 108 valence electrons. The molecule has 1 aromatic carbocycles. The molecule has 1 heterocycles. The average molecular weight is 297 g/mol. The Hall–Kier alpha value is -1.30. The van der Waals surface area contributed by atoms with E-state index in [-0.39, 0.29) is 6.04 Å².